The summed E-state index contributed by atoms with van der Waals surface area (Å²) in [6.07, 6.45) is 2.18. The lowest BCUT2D eigenvalue weighted by atomic mass is 10.2. The second kappa shape index (κ2) is 7.53. The molecule has 0 bridgehead atoms. The molecule has 2 nitrogen and oxygen atoms in total. The highest BCUT2D eigenvalue weighted by atomic mass is 35.5. The first-order chi connectivity index (χ1) is 7.72. The first kappa shape index (κ1) is 13.3. The minimum Gasteiger partial charge on any atom is -0.497 e. The molecule has 1 aromatic rings. The molecule has 0 aromatic heterocycles. The van der Waals surface area contributed by atoms with E-state index in [-0.39, 0.29) is 5.38 Å². The molecule has 0 fully saturated rings. The normalized spacial score (nSPS) is 12.4. The van der Waals surface area contributed by atoms with E-state index >= 15 is 0 Å². The molecule has 1 rings (SSSR count). The van der Waals surface area contributed by atoms with E-state index in [0.29, 0.717) is 0 Å². The molecule has 16 heavy (non-hydrogen) atoms. The fourth-order valence-electron chi connectivity index (χ4n) is 1.52. The van der Waals surface area contributed by atoms with Gasteiger partial charge in [-0.15, -0.1) is 11.6 Å². The minimum atomic E-state index is 0.276. The zero-order valence-corrected chi connectivity index (χ0v) is 10.8. The highest BCUT2D eigenvalue weighted by molar-refractivity contribution is 6.20. The molecule has 0 saturated heterocycles. The van der Waals surface area contributed by atoms with E-state index in [9.17, 15) is 0 Å². The van der Waals surface area contributed by atoms with Gasteiger partial charge in [0, 0.05) is 11.9 Å². The van der Waals surface area contributed by atoms with Crippen molar-refractivity contribution in [1.82, 2.24) is 5.32 Å². The van der Waals surface area contributed by atoms with Crippen LogP contribution >= 0.6 is 11.6 Å². The summed E-state index contributed by atoms with van der Waals surface area (Å²) >= 11 is 5.87. The molecule has 0 spiro atoms. The summed E-state index contributed by atoms with van der Waals surface area (Å²) in [5.41, 5.74) is 1.25. The third kappa shape index (κ3) is 5.38. The van der Waals surface area contributed by atoms with Crippen molar-refractivity contribution in [3.05, 3.63) is 29.8 Å². The van der Waals surface area contributed by atoms with Crippen LogP contribution in [0.25, 0.3) is 0 Å². The predicted molar refractivity (Wildman–Crippen MR) is 69.2 cm³/mol. The summed E-state index contributed by atoms with van der Waals surface area (Å²) in [6, 6.07) is 8.12. The number of hydrogen-bond acceptors (Lipinski definition) is 2. The van der Waals surface area contributed by atoms with Crippen LogP contribution in [0.15, 0.2) is 24.3 Å². The molecular weight excluding hydrogens is 222 g/mol. The summed E-state index contributed by atoms with van der Waals surface area (Å²) in [5.74, 6) is 0.911. The van der Waals surface area contributed by atoms with Crippen molar-refractivity contribution in [2.24, 2.45) is 0 Å². The molecule has 90 valence electrons. The van der Waals surface area contributed by atoms with Crippen molar-refractivity contribution in [2.45, 2.75) is 31.7 Å². The summed E-state index contributed by atoms with van der Waals surface area (Å²) < 4.78 is 5.17. The fourth-order valence-corrected chi connectivity index (χ4v) is 1.68. The molecule has 1 unspecified atom stereocenters. The molecule has 1 aromatic carbocycles. The van der Waals surface area contributed by atoms with Gasteiger partial charge in [0.15, 0.2) is 0 Å². The van der Waals surface area contributed by atoms with E-state index < -0.39 is 0 Å². The van der Waals surface area contributed by atoms with Gasteiger partial charge in [0.05, 0.1) is 7.11 Å². The Bertz CT molecular complexity index is 302. The lowest BCUT2D eigenvalue weighted by Crippen LogP contribution is -2.15. The van der Waals surface area contributed by atoms with Gasteiger partial charge in [0.1, 0.15) is 5.75 Å². The van der Waals surface area contributed by atoms with Crippen molar-refractivity contribution in [3.63, 3.8) is 0 Å². The number of nitrogens with one attached hydrogen (secondary N) is 1. The minimum absolute atomic E-state index is 0.276. The average molecular weight is 242 g/mol. The van der Waals surface area contributed by atoms with Gasteiger partial charge >= 0.3 is 0 Å². The molecule has 0 aliphatic heterocycles. The van der Waals surface area contributed by atoms with E-state index in [0.717, 1.165) is 31.7 Å². The van der Waals surface area contributed by atoms with Crippen molar-refractivity contribution >= 4 is 11.6 Å². The van der Waals surface area contributed by atoms with Crippen LogP contribution in [0.4, 0.5) is 0 Å². The molecular formula is C13H20ClNO. The average Bonchev–Trinajstić information content (AvgIpc) is 2.28. The number of rotatable bonds is 7. The Kier molecular flexibility index (Phi) is 6.27. The Labute approximate surface area is 103 Å². The van der Waals surface area contributed by atoms with E-state index in [1.807, 2.05) is 19.1 Å². The largest absolute Gasteiger partial charge is 0.497 e. The van der Waals surface area contributed by atoms with Crippen molar-refractivity contribution in [2.75, 3.05) is 13.7 Å². The third-order valence-electron chi connectivity index (χ3n) is 2.42. The summed E-state index contributed by atoms with van der Waals surface area (Å²) in [6.45, 7) is 3.92. The Hall–Kier alpha value is -0.730. The smallest absolute Gasteiger partial charge is 0.119 e. The first-order valence-electron chi connectivity index (χ1n) is 5.70. The summed E-state index contributed by atoms with van der Waals surface area (Å²) in [4.78, 5) is 0. The highest BCUT2D eigenvalue weighted by Gasteiger charge is 1.97. The molecule has 1 N–H and O–H groups in total. The zero-order valence-electron chi connectivity index (χ0n) is 10.0. The number of benzene rings is 1. The van der Waals surface area contributed by atoms with E-state index in [1.165, 1.54) is 5.56 Å². The maximum absolute atomic E-state index is 5.87. The topological polar surface area (TPSA) is 21.3 Å². The lowest BCUT2D eigenvalue weighted by Gasteiger charge is -2.07. The van der Waals surface area contributed by atoms with Gasteiger partial charge in [-0.3, -0.25) is 0 Å². The van der Waals surface area contributed by atoms with Crippen LogP contribution < -0.4 is 10.1 Å². The second-order valence-electron chi connectivity index (χ2n) is 3.95. The van der Waals surface area contributed by atoms with Crippen molar-refractivity contribution in [1.29, 1.82) is 0 Å². The van der Waals surface area contributed by atoms with E-state index in [1.54, 1.807) is 7.11 Å². The Morgan fingerprint density at radius 3 is 2.94 bits per heavy atom. The molecule has 1 atom stereocenters. The molecule has 3 heteroatoms. The molecule has 0 saturated carbocycles. The molecule has 0 aliphatic rings. The SMILES string of the molecule is COc1cccc(CNCCCC(C)Cl)c1. The lowest BCUT2D eigenvalue weighted by molar-refractivity contribution is 0.414. The summed E-state index contributed by atoms with van der Waals surface area (Å²) in [5, 5.41) is 3.67. The first-order valence-corrected chi connectivity index (χ1v) is 6.13. The molecule has 0 amide bonds. The van der Waals surface area contributed by atoms with Crippen molar-refractivity contribution < 1.29 is 4.74 Å². The van der Waals surface area contributed by atoms with Gasteiger partial charge in [0.25, 0.3) is 0 Å². The predicted octanol–water partition coefficient (Wildman–Crippen LogP) is 3.19. The van der Waals surface area contributed by atoms with Crippen LogP contribution in [-0.2, 0) is 6.54 Å². The maximum Gasteiger partial charge on any atom is 0.119 e. The third-order valence-corrected chi connectivity index (χ3v) is 2.64. The van der Waals surface area contributed by atoms with E-state index in [2.05, 4.69) is 17.4 Å². The van der Waals surface area contributed by atoms with Crippen LogP contribution in [-0.4, -0.2) is 19.0 Å². The number of alkyl halides is 1. The van der Waals surface area contributed by atoms with Crippen LogP contribution in [0, 0.1) is 0 Å². The van der Waals surface area contributed by atoms with Gasteiger partial charge in [-0.1, -0.05) is 12.1 Å². The van der Waals surface area contributed by atoms with Gasteiger partial charge in [0.2, 0.25) is 0 Å². The summed E-state index contributed by atoms with van der Waals surface area (Å²) in [7, 11) is 1.69. The van der Waals surface area contributed by atoms with E-state index in [4.69, 9.17) is 16.3 Å². The van der Waals surface area contributed by atoms with Gasteiger partial charge in [-0.05, 0) is 44.0 Å². The second-order valence-corrected chi connectivity index (χ2v) is 4.70. The Morgan fingerprint density at radius 1 is 1.44 bits per heavy atom. The number of methoxy groups -OCH3 is 1. The quantitative estimate of drug-likeness (QED) is 0.585. The monoisotopic (exact) mass is 241 g/mol. The number of halogens is 1. The van der Waals surface area contributed by atoms with Crippen LogP contribution in [0.2, 0.25) is 0 Å². The maximum atomic E-state index is 5.87. The zero-order chi connectivity index (χ0) is 11.8. The highest BCUT2D eigenvalue weighted by Crippen LogP contribution is 2.12. The van der Waals surface area contributed by atoms with Gasteiger partial charge in [-0.2, -0.15) is 0 Å². The number of hydrogen-bond donors (Lipinski definition) is 1. The van der Waals surface area contributed by atoms with Crippen LogP contribution in [0.3, 0.4) is 0 Å². The Morgan fingerprint density at radius 2 is 2.25 bits per heavy atom. The fraction of sp³-hybridized carbons (Fsp3) is 0.538. The molecule has 0 heterocycles. The van der Waals surface area contributed by atoms with Gasteiger partial charge < -0.3 is 10.1 Å². The van der Waals surface area contributed by atoms with Crippen molar-refractivity contribution in [3.8, 4) is 5.75 Å². The standard InChI is InChI=1S/C13H20ClNO/c1-11(14)5-4-8-15-10-12-6-3-7-13(9-12)16-2/h3,6-7,9,11,15H,4-5,8,10H2,1-2H3. The molecule has 0 aliphatic carbocycles. The molecule has 0 radical (unpaired) electrons. The van der Waals surface area contributed by atoms with Crippen LogP contribution in [0.1, 0.15) is 25.3 Å². The number of ether oxygens (including phenoxy) is 1. The van der Waals surface area contributed by atoms with Crippen LogP contribution in [0.5, 0.6) is 5.75 Å². The Balaban J connectivity index is 2.21. The van der Waals surface area contributed by atoms with Gasteiger partial charge in [-0.25, -0.2) is 0 Å².